The number of terminal acetylenes is 1. The molecular weight excluding hydrogens is 266 g/mol. The minimum atomic E-state index is 0.867. The van der Waals surface area contributed by atoms with Crippen LogP contribution >= 0.6 is 0 Å². The summed E-state index contributed by atoms with van der Waals surface area (Å²) < 4.78 is 0. The van der Waals surface area contributed by atoms with E-state index in [1.807, 2.05) is 24.3 Å². The number of nitrogens with zero attached hydrogens (tertiary/aromatic N) is 1. The predicted molar refractivity (Wildman–Crippen MR) is 92.5 cm³/mol. The fraction of sp³-hybridized carbons (Fsp3) is 0.0952. The molecule has 0 fully saturated rings. The molecule has 1 aromatic heterocycles. The van der Waals surface area contributed by atoms with Gasteiger partial charge < -0.3 is 0 Å². The average Bonchev–Trinajstić information content (AvgIpc) is 2.54. The summed E-state index contributed by atoms with van der Waals surface area (Å²) in [7, 11) is 0. The molecule has 0 aliphatic heterocycles. The van der Waals surface area contributed by atoms with Gasteiger partial charge in [-0.15, -0.1) is 6.42 Å². The van der Waals surface area contributed by atoms with Gasteiger partial charge in [0, 0.05) is 17.3 Å². The molecule has 0 aliphatic carbocycles. The van der Waals surface area contributed by atoms with Gasteiger partial charge in [-0.25, -0.2) is 0 Å². The normalized spacial score (nSPS) is 10.2. The van der Waals surface area contributed by atoms with Gasteiger partial charge in [-0.05, 0) is 49.2 Å². The van der Waals surface area contributed by atoms with Gasteiger partial charge in [-0.2, -0.15) is 0 Å². The SMILES string of the molecule is C#Cc1ccc(-c2cc(C)cc(C)c2)cc1-c1ccccn1. The van der Waals surface area contributed by atoms with E-state index in [-0.39, 0.29) is 0 Å². The van der Waals surface area contributed by atoms with Gasteiger partial charge in [0.1, 0.15) is 0 Å². The highest BCUT2D eigenvalue weighted by Crippen LogP contribution is 2.29. The summed E-state index contributed by atoms with van der Waals surface area (Å²) in [5, 5.41) is 0. The number of pyridine rings is 1. The molecule has 1 nitrogen and oxygen atoms in total. The lowest BCUT2D eigenvalue weighted by Crippen LogP contribution is -1.90. The monoisotopic (exact) mass is 283 g/mol. The zero-order valence-corrected chi connectivity index (χ0v) is 12.8. The Morgan fingerprint density at radius 3 is 2.27 bits per heavy atom. The largest absolute Gasteiger partial charge is 0.256 e. The van der Waals surface area contributed by atoms with Gasteiger partial charge in [-0.3, -0.25) is 4.98 Å². The summed E-state index contributed by atoms with van der Waals surface area (Å²) in [5.74, 6) is 2.76. The van der Waals surface area contributed by atoms with Gasteiger partial charge >= 0.3 is 0 Å². The van der Waals surface area contributed by atoms with Crippen LogP contribution in [0, 0.1) is 26.2 Å². The van der Waals surface area contributed by atoms with E-state index < -0.39 is 0 Å². The van der Waals surface area contributed by atoms with Gasteiger partial charge in [0.05, 0.1) is 5.69 Å². The molecule has 3 aromatic rings. The van der Waals surface area contributed by atoms with Crippen LogP contribution in [0.3, 0.4) is 0 Å². The maximum Gasteiger partial charge on any atom is 0.0714 e. The molecule has 22 heavy (non-hydrogen) atoms. The van der Waals surface area contributed by atoms with Crippen molar-refractivity contribution in [2.24, 2.45) is 0 Å². The molecule has 0 bridgehead atoms. The smallest absolute Gasteiger partial charge is 0.0714 e. The minimum Gasteiger partial charge on any atom is -0.256 e. The minimum absolute atomic E-state index is 0.867. The summed E-state index contributed by atoms with van der Waals surface area (Å²) in [4.78, 5) is 4.43. The van der Waals surface area contributed by atoms with Crippen LogP contribution in [-0.2, 0) is 0 Å². The van der Waals surface area contributed by atoms with Gasteiger partial charge in [0.2, 0.25) is 0 Å². The first-order valence-corrected chi connectivity index (χ1v) is 7.28. The number of benzene rings is 2. The molecule has 0 saturated heterocycles. The van der Waals surface area contributed by atoms with E-state index >= 15 is 0 Å². The maximum atomic E-state index is 5.65. The molecule has 106 valence electrons. The van der Waals surface area contributed by atoms with Crippen molar-refractivity contribution in [3.8, 4) is 34.7 Å². The molecular formula is C21H17N. The quantitative estimate of drug-likeness (QED) is 0.602. The molecule has 0 saturated carbocycles. The van der Waals surface area contributed by atoms with Crippen molar-refractivity contribution in [2.45, 2.75) is 13.8 Å². The summed E-state index contributed by atoms with van der Waals surface area (Å²) >= 11 is 0. The maximum absolute atomic E-state index is 5.65. The fourth-order valence-electron chi connectivity index (χ4n) is 2.73. The van der Waals surface area contributed by atoms with E-state index in [1.165, 1.54) is 16.7 Å². The zero-order valence-electron chi connectivity index (χ0n) is 12.8. The lowest BCUT2D eigenvalue weighted by molar-refractivity contribution is 1.32. The second-order valence-corrected chi connectivity index (χ2v) is 5.50. The second kappa shape index (κ2) is 5.87. The molecule has 2 aromatic carbocycles. The fourth-order valence-corrected chi connectivity index (χ4v) is 2.73. The van der Waals surface area contributed by atoms with E-state index in [9.17, 15) is 0 Å². The van der Waals surface area contributed by atoms with Gasteiger partial charge in [0.25, 0.3) is 0 Å². The van der Waals surface area contributed by atoms with Crippen molar-refractivity contribution in [3.05, 3.63) is 77.5 Å². The van der Waals surface area contributed by atoms with E-state index in [2.05, 4.69) is 55.1 Å². The van der Waals surface area contributed by atoms with Crippen LogP contribution in [0.2, 0.25) is 0 Å². The van der Waals surface area contributed by atoms with Gasteiger partial charge in [-0.1, -0.05) is 47.4 Å². The lowest BCUT2D eigenvalue weighted by Gasteiger charge is -2.10. The third-order valence-corrected chi connectivity index (χ3v) is 3.67. The first kappa shape index (κ1) is 14.1. The number of hydrogen-bond acceptors (Lipinski definition) is 1. The van der Waals surface area contributed by atoms with Crippen LogP contribution in [0.4, 0.5) is 0 Å². The van der Waals surface area contributed by atoms with Crippen LogP contribution in [0.25, 0.3) is 22.4 Å². The summed E-state index contributed by atoms with van der Waals surface area (Å²) in [6.07, 6.45) is 7.44. The number of aromatic nitrogens is 1. The first-order valence-electron chi connectivity index (χ1n) is 7.28. The molecule has 1 heteroatoms. The van der Waals surface area contributed by atoms with Gasteiger partial charge in [0.15, 0.2) is 0 Å². The Hall–Kier alpha value is -2.85. The summed E-state index contributed by atoms with van der Waals surface area (Å²) in [5.41, 5.74) is 7.66. The zero-order chi connectivity index (χ0) is 15.5. The number of hydrogen-bond donors (Lipinski definition) is 0. The topological polar surface area (TPSA) is 12.9 Å². The van der Waals surface area contributed by atoms with E-state index in [0.29, 0.717) is 0 Å². The highest BCUT2D eigenvalue weighted by Gasteiger charge is 2.08. The van der Waals surface area contributed by atoms with Crippen molar-refractivity contribution < 1.29 is 0 Å². The van der Waals surface area contributed by atoms with Crippen molar-refractivity contribution >= 4 is 0 Å². The van der Waals surface area contributed by atoms with Crippen LogP contribution < -0.4 is 0 Å². The van der Waals surface area contributed by atoms with Crippen molar-refractivity contribution in [1.29, 1.82) is 0 Å². The molecule has 0 atom stereocenters. The first-order chi connectivity index (χ1) is 10.7. The molecule has 0 spiro atoms. The summed E-state index contributed by atoms with van der Waals surface area (Å²) in [6.45, 7) is 4.23. The second-order valence-electron chi connectivity index (χ2n) is 5.50. The van der Waals surface area contributed by atoms with E-state index in [0.717, 1.165) is 22.4 Å². The van der Waals surface area contributed by atoms with Crippen LogP contribution in [0.5, 0.6) is 0 Å². The third-order valence-electron chi connectivity index (χ3n) is 3.67. The Morgan fingerprint density at radius 2 is 1.64 bits per heavy atom. The molecule has 0 N–H and O–H groups in total. The Labute approximate surface area is 131 Å². The molecule has 1 heterocycles. The number of aryl methyl sites for hydroxylation is 2. The Kier molecular flexibility index (Phi) is 3.76. The Bertz CT molecular complexity index is 835. The highest BCUT2D eigenvalue weighted by molar-refractivity contribution is 5.76. The van der Waals surface area contributed by atoms with E-state index in [4.69, 9.17) is 6.42 Å². The highest BCUT2D eigenvalue weighted by atomic mass is 14.7. The summed E-state index contributed by atoms with van der Waals surface area (Å²) in [6, 6.07) is 18.7. The van der Waals surface area contributed by atoms with Crippen LogP contribution in [0.1, 0.15) is 16.7 Å². The Balaban J connectivity index is 2.18. The van der Waals surface area contributed by atoms with Crippen LogP contribution in [0.15, 0.2) is 60.8 Å². The average molecular weight is 283 g/mol. The predicted octanol–water partition coefficient (Wildman–Crippen LogP) is 5.01. The molecule has 0 radical (unpaired) electrons. The lowest BCUT2D eigenvalue weighted by atomic mass is 9.95. The molecule has 0 unspecified atom stereocenters. The molecule has 0 aliphatic rings. The van der Waals surface area contributed by atoms with E-state index in [1.54, 1.807) is 6.20 Å². The van der Waals surface area contributed by atoms with Crippen LogP contribution in [-0.4, -0.2) is 4.98 Å². The standard InChI is InChI=1S/C21H17N/c1-4-17-8-9-18(19-12-15(2)11-16(3)13-19)14-20(17)21-7-5-6-10-22-21/h1,5-14H,2-3H3. The molecule has 0 amide bonds. The number of rotatable bonds is 2. The van der Waals surface area contributed by atoms with Crippen molar-refractivity contribution in [3.63, 3.8) is 0 Å². The Morgan fingerprint density at radius 1 is 0.864 bits per heavy atom. The molecule has 3 rings (SSSR count). The van der Waals surface area contributed by atoms with Crippen molar-refractivity contribution in [1.82, 2.24) is 4.98 Å². The third kappa shape index (κ3) is 2.77. The van der Waals surface area contributed by atoms with Crippen molar-refractivity contribution in [2.75, 3.05) is 0 Å².